The first-order valence-corrected chi connectivity index (χ1v) is 21.0. The minimum atomic E-state index is -1.20. The van der Waals surface area contributed by atoms with E-state index in [1.165, 1.54) is 0 Å². The van der Waals surface area contributed by atoms with Gasteiger partial charge in [-0.15, -0.1) is 0 Å². The van der Waals surface area contributed by atoms with Gasteiger partial charge < -0.3 is 64.3 Å². The molecule has 4 aromatic rings. The zero-order valence-corrected chi connectivity index (χ0v) is 37.8. The van der Waals surface area contributed by atoms with Crippen molar-refractivity contribution in [3.8, 4) is 34.5 Å². The molecule has 0 saturated carbocycles. The lowest BCUT2D eigenvalue weighted by molar-refractivity contribution is -0.140. The van der Waals surface area contributed by atoms with Gasteiger partial charge in [0.25, 0.3) is 0 Å². The van der Waals surface area contributed by atoms with Crippen LogP contribution in [0.4, 0.5) is 4.79 Å². The second-order valence-electron chi connectivity index (χ2n) is 15.7. The molecule has 0 radical (unpaired) electrons. The number of aliphatic carboxylic acids is 2. The van der Waals surface area contributed by atoms with Crippen LogP contribution in [0.15, 0.2) is 87.9 Å². The number of carboxylic acid groups (broad SMARTS) is 2. The SMILES string of the molecule is Cc1cc(Oc2cccc(OCCCN)c2)cc2c1C(CC(=O)O)OB2O.Cc1cc(Oc2cccc(OCCCNC(=O)OC(C)(C)C)c2)cc2c1C(CC(=O)O)OB2O.N=NN=NCl. The average molecular weight is 935 g/mol. The maximum absolute atomic E-state index is 11.6. The molecule has 0 bridgehead atoms. The van der Waals surface area contributed by atoms with Crippen molar-refractivity contribution < 1.29 is 67.6 Å². The molecule has 0 spiro atoms. The molecule has 2 atom stereocenters. The van der Waals surface area contributed by atoms with Gasteiger partial charge in [0, 0.05) is 18.7 Å². The monoisotopic (exact) mass is 934 g/mol. The molecule has 2 unspecified atom stereocenters. The van der Waals surface area contributed by atoms with Crippen molar-refractivity contribution >= 4 is 55.0 Å². The van der Waals surface area contributed by atoms with Crippen LogP contribution in [0, 0.1) is 19.4 Å². The number of hydrogen-bond donors (Lipinski definition) is 7. The highest BCUT2D eigenvalue weighted by atomic mass is 35.5. The second-order valence-corrected chi connectivity index (χ2v) is 15.8. The van der Waals surface area contributed by atoms with Crippen LogP contribution in [0.1, 0.15) is 80.9 Å². The number of halogens is 1. The third-order valence-electron chi connectivity index (χ3n) is 9.30. The van der Waals surface area contributed by atoms with Crippen LogP contribution in [0.3, 0.4) is 0 Å². The first-order chi connectivity index (χ1) is 31.4. The van der Waals surface area contributed by atoms with E-state index in [4.69, 9.17) is 54.5 Å². The lowest BCUT2D eigenvalue weighted by Crippen LogP contribution is -2.33. The summed E-state index contributed by atoms with van der Waals surface area (Å²) in [5.41, 5.74) is 14.8. The number of ether oxygens (including phenoxy) is 5. The van der Waals surface area contributed by atoms with Crippen molar-refractivity contribution in [3.05, 3.63) is 95.1 Å². The molecule has 0 saturated heterocycles. The highest BCUT2D eigenvalue weighted by molar-refractivity contribution is 6.62. The number of hydrogen-bond acceptors (Lipinski definition) is 15. The fourth-order valence-electron chi connectivity index (χ4n) is 6.78. The fraction of sp³-hybridized carbons (Fsp3) is 0.372. The van der Waals surface area contributed by atoms with E-state index in [-0.39, 0.29) is 12.8 Å². The largest absolute Gasteiger partial charge is 0.493 e. The molecule has 0 fully saturated rings. The molecule has 352 valence electrons. The molecule has 1 amide bonds. The zero-order valence-electron chi connectivity index (χ0n) is 37.1. The van der Waals surface area contributed by atoms with E-state index in [1.54, 1.807) is 81.4 Å². The van der Waals surface area contributed by atoms with Crippen molar-refractivity contribution in [2.45, 2.75) is 78.1 Å². The first-order valence-electron chi connectivity index (χ1n) is 20.7. The number of alkyl carbamates (subject to hydrolysis) is 1. The number of carbonyl (C=O) groups is 3. The van der Waals surface area contributed by atoms with Gasteiger partial charge in [0.15, 0.2) is 0 Å². The Hall–Kier alpha value is -6.29. The number of carboxylic acids is 2. The van der Waals surface area contributed by atoms with E-state index in [1.807, 2.05) is 26.0 Å². The van der Waals surface area contributed by atoms with E-state index in [0.717, 1.165) is 17.5 Å². The summed E-state index contributed by atoms with van der Waals surface area (Å²) in [5, 5.41) is 46.3. The van der Waals surface area contributed by atoms with Crippen LogP contribution in [0.2, 0.25) is 0 Å². The summed E-state index contributed by atoms with van der Waals surface area (Å²) in [6.07, 6.45) is -0.879. The second kappa shape index (κ2) is 25.4. The number of aryl methyl sites for hydroxylation is 2. The van der Waals surface area contributed by atoms with Gasteiger partial charge >= 0.3 is 32.3 Å². The third-order valence-corrected chi connectivity index (χ3v) is 9.37. The molecule has 8 N–H and O–H groups in total. The molecule has 66 heavy (non-hydrogen) atoms. The molecule has 2 heterocycles. The van der Waals surface area contributed by atoms with Gasteiger partial charge in [0.05, 0.1) is 50.0 Å². The summed E-state index contributed by atoms with van der Waals surface area (Å²) in [6.45, 7) is 11.0. The lowest BCUT2D eigenvalue weighted by atomic mass is 9.77. The average Bonchev–Trinajstić information content (AvgIpc) is 3.71. The summed E-state index contributed by atoms with van der Waals surface area (Å²) < 4.78 is 41.8. The molecule has 4 aromatic carbocycles. The predicted molar refractivity (Wildman–Crippen MR) is 242 cm³/mol. The van der Waals surface area contributed by atoms with E-state index < -0.39 is 50.1 Å². The topological polar surface area (TPSA) is 296 Å². The van der Waals surface area contributed by atoms with E-state index in [9.17, 15) is 24.4 Å². The molecule has 0 aromatic heterocycles. The number of amides is 1. The molecule has 0 aliphatic carbocycles. The molecule has 2 aliphatic rings. The van der Waals surface area contributed by atoms with E-state index in [0.29, 0.717) is 89.3 Å². The van der Waals surface area contributed by atoms with Crippen molar-refractivity contribution in [2.24, 2.45) is 20.8 Å². The van der Waals surface area contributed by atoms with Crippen molar-refractivity contribution in [1.82, 2.24) is 5.32 Å². The Morgan fingerprint density at radius 2 is 1.21 bits per heavy atom. The Kier molecular flexibility index (Phi) is 20.2. The Morgan fingerprint density at radius 1 is 0.758 bits per heavy atom. The third kappa shape index (κ3) is 16.6. The van der Waals surface area contributed by atoms with Gasteiger partial charge in [0.2, 0.25) is 0 Å². The minimum Gasteiger partial charge on any atom is -0.493 e. The maximum atomic E-state index is 11.6. The highest BCUT2D eigenvalue weighted by Gasteiger charge is 2.39. The van der Waals surface area contributed by atoms with Crippen LogP contribution < -0.4 is 40.9 Å². The Bertz CT molecular complexity index is 2320. The van der Waals surface area contributed by atoms with Crippen LogP contribution in [-0.2, 0) is 23.6 Å². The highest BCUT2D eigenvalue weighted by Crippen LogP contribution is 2.35. The maximum Gasteiger partial charge on any atom is 0.492 e. The summed E-state index contributed by atoms with van der Waals surface area (Å²) in [7, 11) is -2.37. The lowest BCUT2D eigenvalue weighted by Gasteiger charge is -2.19. The van der Waals surface area contributed by atoms with E-state index >= 15 is 0 Å². The predicted octanol–water partition coefficient (Wildman–Crippen LogP) is 6.60. The number of nitrogens with two attached hydrogens (primary N) is 1. The Balaban J connectivity index is 0.000000267. The number of nitrogens with zero attached hydrogens (tertiary/aromatic N) is 3. The number of carbonyl (C=O) groups excluding carboxylic acids is 1. The minimum absolute atomic E-state index is 0.201. The standard InChI is InChI=1S/C24H30BNO8.C19H22BNO6.ClHN4/c1-15-11-18(13-19-22(15)20(14-21(27)28)34-25(19)30)32-17-8-5-7-16(12-17)31-10-6-9-26-23(29)33-24(2,3)4;1-12-8-15(10-16-19(12)17(11-18(22)23)27-20(16)24)26-14-5-2-4-13(9-14)25-7-3-6-21;1-3-5-4-2/h5,7-8,11-13,20,30H,6,9-10,14H2,1-4H3,(H,26,29)(H,27,28);2,4-5,8-10,17,24H,3,6-7,11,21H2,1H3,(H,22,23);2H. The number of benzene rings is 4. The zero-order chi connectivity index (χ0) is 48.4. The first kappa shape index (κ1) is 52.3. The normalized spacial score (nSPS) is 14.7. The molecular weight excluding hydrogens is 882 g/mol. The van der Waals surface area contributed by atoms with Crippen LogP contribution >= 0.6 is 11.8 Å². The summed E-state index contributed by atoms with van der Waals surface area (Å²) in [6, 6.07) is 21.3. The van der Waals surface area contributed by atoms with Crippen molar-refractivity contribution in [2.75, 3.05) is 26.3 Å². The van der Waals surface area contributed by atoms with Crippen molar-refractivity contribution in [3.63, 3.8) is 0 Å². The van der Waals surface area contributed by atoms with Crippen molar-refractivity contribution in [1.29, 1.82) is 5.53 Å². The quantitative estimate of drug-likeness (QED) is 0.0239. The van der Waals surface area contributed by atoms with Gasteiger partial charge in [-0.25, -0.2) is 4.79 Å². The number of nitrogens with one attached hydrogen (secondary N) is 2. The van der Waals surface area contributed by atoms with Gasteiger partial charge in [-0.05, 0) is 146 Å². The van der Waals surface area contributed by atoms with Crippen LogP contribution in [0.5, 0.6) is 34.5 Å². The Morgan fingerprint density at radius 3 is 1.61 bits per heavy atom. The molecule has 6 rings (SSSR count). The van der Waals surface area contributed by atoms with Gasteiger partial charge in [-0.3, -0.25) is 9.59 Å². The summed E-state index contributed by atoms with van der Waals surface area (Å²) in [4.78, 5) is 33.8. The summed E-state index contributed by atoms with van der Waals surface area (Å²) >= 11 is 4.55. The van der Waals surface area contributed by atoms with Gasteiger partial charge in [0.1, 0.15) is 40.1 Å². The number of rotatable bonds is 18. The van der Waals surface area contributed by atoms with Gasteiger partial charge in [-0.1, -0.05) is 16.8 Å². The smallest absolute Gasteiger partial charge is 0.492 e. The Labute approximate surface area is 387 Å². The van der Waals surface area contributed by atoms with E-state index in [2.05, 4.69) is 32.2 Å². The van der Waals surface area contributed by atoms with Gasteiger partial charge in [-0.2, -0.15) is 5.53 Å². The molecular formula is C43H53B2ClN6O14. The molecule has 2 aliphatic heterocycles. The fourth-order valence-corrected chi connectivity index (χ4v) is 6.82. The molecule has 23 heteroatoms. The van der Waals surface area contributed by atoms with Crippen LogP contribution in [-0.4, -0.2) is 84.4 Å². The molecule has 20 nitrogen and oxygen atoms in total. The summed E-state index contributed by atoms with van der Waals surface area (Å²) in [5.74, 6) is 1.47. The number of fused-ring (bicyclic) bond motifs is 2. The van der Waals surface area contributed by atoms with Crippen LogP contribution in [0.25, 0.3) is 0 Å².